The third-order valence-electron chi connectivity index (χ3n) is 3.57. The maximum Gasteiger partial charge on any atom is 0.0892 e. The fraction of sp³-hybridized carbons (Fsp3) is 0.600. The standard InChI is InChI=1S/C15H22O3/c1-11(8-16)14-15(12(2)9-17-14)18-10-13-6-4-3-5-7-13/h3-7,11-12,14-16H,8-10H2,1-2H3/t11-,12-,14-,15+/m1/s1. The van der Waals surface area contributed by atoms with Gasteiger partial charge in [-0.3, -0.25) is 0 Å². The van der Waals surface area contributed by atoms with Gasteiger partial charge in [0, 0.05) is 18.4 Å². The van der Waals surface area contributed by atoms with Crippen molar-refractivity contribution in [1.82, 2.24) is 0 Å². The molecular weight excluding hydrogens is 228 g/mol. The van der Waals surface area contributed by atoms with Gasteiger partial charge >= 0.3 is 0 Å². The average Bonchev–Trinajstić information content (AvgIpc) is 2.78. The summed E-state index contributed by atoms with van der Waals surface area (Å²) in [4.78, 5) is 0. The SMILES string of the molecule is C[C@@H]1CO[C@H]([C@H](C)CO)[C@H]1OCc1ccccc1. The van der Waals surface area contributed by atoms with Gasteiger partial charge in [-0.25, -0.2) is 0 Å². The number of rotatable bonds is 5. The van der Waals surface area contributed by atoms with Crippen LogP contribution >= 0.6 is 0 Å². The van der Waals surface area contributed by atoms with E-state index < -0.39 is 0 Å². The van der Waals surface area contributed by atoms with Gasteiger partial charge in [0.05, 0.1) is 25.4 Å². The van der Waals surface area contributed by atoms with Gasteiger partial charge in [-0.1, -0.05) is 44.2 Å². The van der Waals surface area contributed by atoms with Gasteiger partial charge in [0.2, 0.25) is 0 Å². The Morgan fingerprint density at radius 3 is 2.78 bits per heavy atom. The highest BCUT2D eigenvalue weighted by atomic mass is 16.6. The molecule has 0 aromatic heterocycles. The van der Waals surface area contributed by atoms with Crippen LogP contribution in [0.4, 0.5) is 0 Å². The van der Waals surface area contributed by atoms with Gasteiger partial charge in [-0.15, -0.1) is 0 Å². The summed E-state index contributed by atoms with van der Waals surface area (Å²) in [6.45, 7) is 5.60. The molecule has 1 aromatic carbocycles. The molecule has 0 radical (unpaired) electrons. The smallest absolute Gasteiger partial charge is 0.0892 e. The van der Waals surface area contributed by atoms with Gasteiger partial charge in [-0.2, -0.15) is 0 Å². The normalized spacial score (nSPS) is 29.4. The zero-order valence-corrected chi connectivity index (χ0v) is 11.1. The third kappa shape index (κ3) is 3.10. The Balaban J connectivity index is 1.94. The van der Waals surface area contributed by atoms with Gasteiger partial charge in [0.25, 0.3) is 0 Å². The molecule has 1 aliphatic heterocycles. The summed E-state index contributed by atoms with van der Waals surface area (Å²) in [5.74, 6) is 0.503. The molecule has 1 aliphatic rings. The van der Waals surface area contributed by atoms with Crippen molar-refractivity contribution in [2.45, 2.75) is 32.7 Å². The van der Waals surface area contributed by atoms with Crippen molar-refractivity contribution in [2.75, 3.05) is 13.2 Å². The van der Waals surface area contributed by atoms with Crippen molar-refractivity contribution < 1.29 is 14.6 Å². The van der Waals surface area contributed by atoms with Crippen molar-refractivity contribution >= 4 is 0 Å². The van der Waals surface area contributed by atoms with Crippen LogP contribution in [0.5, 0.6) is 0 Å². The van der Waals surface area contributed by atoms with E-state index in [1.807, 2.05) is 25.1 Å². The van der Waals surface area contributed by atoms with Crippen LogP contribution in [0.15, 0.2) is 30.3 Å². The van der Waals surface area contributed by atoms with Crippen LogP contribution in [0, 0.1) is 11.8 Å². The molecule has 0 spiro atoms. The molecule has 1 fully saturated rings. The molecule has 0 saturated carbocycles. The molecule has 0 aliphatic carbocycles. The molecule has 0 unspecified atom stereocenters. The Kier molecular flexibility index (Phi) is 4.75. The lowest BCUT2D eigenvalue weighted by Gasteiger charge is -2.25. The van der Waals surface area contributed by atoms with Crippen molar-refractivity contribution in [3.63, 3.8) is 0 Å². The number of hydrogen-bond donors (Lipinski definition) is 1. The molecular formula is C15H22O3. The molecule has 3 heteroatoms. The highest BCUT2D eigenvalue weighted by Gasteiger charge is 2.38. The molecule has 1 N–H and O–H groups in total. The number of ether oxygens (including phenoxy) is 2. The lowest BCUT2D eigenvalue weighted by atomic mass is 9.95. The monoisotopic (exact) mass is 250 g/mol. The van der Waals surface area contributed by atoms with Crippen molar-refractivity contribution in [3.05, 3.63) is 35.9 Å². The zero-order chi connectivity index (χ0) is 13.0. The molecule has 100 valence electrons. The number of hydrogen-bond acceptors (Lipinski definition) is 3. The second-order valence-corrected chi connectivity index (χ2v) is 5.20. The van der Waals surface area contributed by atoms with E-state index in [9.17, 15) is 5.11 Å². The van der Waals surface area contributed by atoms with E-state index in [1.165, 1.54) is 5.56 Å². The Morgan fingerprint density at radius 1 is 1.39 bits per heavy atom. The maximum absolute atomic E-state index is 9.25. The van der Waals surface area contributed by atoms with Gasteiger partial charge in [0.1, 0.15) is 0 Å². The molecule has 3 nitrogen and oxygen atoms in total. The largest absolute Gasteiger partial charge is 0.396 e. The molecule has 0 amide bonds. The summed E-state index contributed by atoms with van der Waals surface area (Å²) in [6.07, 6.45) is 0.0843. The van der Waals surface area contributed by atoms with Crippen LogP contribution in [-0.2, 0) is 16.1 Å². The first-order chi connectivity index (χ1) is 8.72. The molecule has 2 rings (SSSR count). The van der Waals surface area contributed by atoms with E-state index in [2.05, 4.69) is 19.1 Å². The molecule has 1 saturated heterocycles. The second kappa shape index (κ2) is 6.32. The van der Waals surface area contributed by atoms with Gasteiger partial charge in [0.15, 0.2) is 0 Å². The van der Waals surface area contributed by atoms with E-state index in [-0.39, 0.29) is 24.7 Å². The highest BCUT2D eigenvalue weighted by Crippen LogP contribution is 2.28. The molecule has 4 atom stereocenters. The Bertz CT molecular complexity index is 352. The Hall–Kier alpha value is -0.900. The van der Waals surface area contributed by atoms with Crippen LogP contribution < -0.4 is 0 Å². The first-order valence-corrected chi connectivity index (χ1v) is 6.60. The van der Waals surface area contributed by atoms with Gasteiger partial charge < -0.3 is 14.6 Å². The molecule has 18 heavy (non-hydrogen) atoms. The van der Waals surface area contributed by atoms with Crippen LogP contribution in [0.25, 0.3) is 0 Å². The molecule has 0 bridgehead atoms. The predicted octanol–water partition coefficient (Wildman–Crippen LogP) is 2.24. The van der Waals surface area contributed by atoms with Crippen LogP contribution in [0.3, 0.4) is 0 Å². The minimum Gasteiger partial charge on any atom is -0.396 e. The molecule has 1 aromatic rings. The summed E-state index contributed by atoms with van der Waals surface area (Å²) in [5, 5.41) is 9.25. The second-order valence-electron chi connectivity index (χ2n) is 5.20. The van der Waals surface area contributed by atoms with E-state index in [1.54, 1.807) is 0 Å². The van der Waals surface area contributed by atoms with Crippen LogP contribution in [0.1, 0.15) is 19.4 Å². The summed E-state index contributed by atoms with van der Waals surface area (Å²) >= 11 is 0. The van der Waals surface area contributed by atoms with Crippen molar-refractivity contribution in [2.24, 2.45) is 11.8 Å². The van der Waals surface area contributed by atoms with Crippen molar-refractivity contribution in [1.29, 1.82) is 0 Å². The van der Waals surface area contributed by atoms with E-state index in [0.717, 1.165) is 0 Å². The number of aliphatic hydroxyl groups is 1. The summed E-state index contributed by atoms with van der Waals surface area (Å²) in [5.41, 5.74) is 1.17. The minimum atomic E-state index is 0.00807. The highest BCUT2D eigenvalue weighted by molar-refractivity contribution is 5.13. The van der Waals surface area contributed by atoms with E-state index in [4.69, 9.17) is 9.47 Å². The van der Waals surface area contributed by atoms with Crippen molar-refractivity contribution in [3.8, 4) is 0 Å². The summed E-state index contributed by atoms with van der Waals surface area (Å²) < 4.78 is 11.7. The average molecular weight is 250 g/mol. The Labute approximate surface area is 109 Å². The first kappa shape index (κ1) is 13.5. The molecule has 1 heterocycles. The van der Waals surface area contributed by atoms with E-state index >= 15 is 0 Å². The summed E-state index contributed by atoms with van der Waals surface area (Å²) in [7, 11) is 0. The fourth-order valence-electron chi connectivity index (χ4n) is 2.39. The quantitative estimate of drug-likeness (QED) is 0.871. The minimum absolute atomic E-state index is 0.00807. The number of aliphatic hydroxyl groups excluding tert-OH is 1. The predicted molar refractivity (Wildman–Crippen MR) is 70.2 cm³/mol. The van der Waals surface area contributed by atoms with Crippen LogP contribution in [0.2, 0.25) is 0 Å². The third-order valence-corrected chi connectivity index (χ3v) is 3.57. The van der Waals surface area contributed by atoms with Crippen LogP contribution in [-0.4, -0.2) is 30.5 Å². The Morgan fingerprint density at radius 2 is 2.11 bits per heavy atom. The topological polar surface area (TPSA) is 38.7 Å². The number of benzene rings is 1. The maximum atomic E-state index is 9.25. The zero-order valence-electron chi connectivity index (χ0n) is 11.1. The lowest BCUT2D eigenvalue weighted by Crippen LogP contribution is -2.35. The fourth-order valence-corrected chi connectivity index (χ4v) is 2.39. The first-order valence-electron chi connectivity index (χ1n) is 6.60. The van der Waals surface area contributed by atoms with Gasteiger partial charge in [-0.05, 0) is 5.56 Å². The van der Waals surface area contributed by atoms with E-state index in [0.29, 0.717) is 19.1 Å². The summed E-state index contributed by atoms with van der Waals surface area (Å²) in [6, 6.07) is 10.2. The lowest BCUT2D eigenvalue weighted by molar-refractivity contribution is -0.0552.